The number of carbonyl (C=O) groups excluding carboxylic acids is 3. The van der Waals surface area contributed by atoms with E-state index in [-0.39, 0.29) is 62.5 Å². The Morgan fingerprint density at radius 1 is 1.03 bits per heavy atom. The predicted molar refractivity (Wildman–Crippen MR) is 146 cm³/mol. The molecular formula is C33H45NO4. The first kappa shape index (κ1) is 27.4. The van der Waals surface area contributed by atoms with Crippen molar-refractivity contribution in [2.75, 3.05) is 7.11 Å². The van der Waals surface area contributed by atoms with Crippen LogP contribution in [0.2, 0.25) is 0 Å². The Hall–Kier alpha value is -2.22. The molecule has 7 unspecified atom stereocenters. The number of nitriles is 1. The summed E-state index contributed by atoms with van der Waals surface area (Å²) < 4.78 is 5.17. The predicted octanol–water partition coefficient (Wildman–Crippen LogP) is 6.77. The summed E-state index contributed by atoms with van der Waals surface area (Å²) in [5, 5.41) is 9.88. The molecule has 0 bridgehead atoms. The zero-order chi connectivity index (χ0) is 28.1. The topological polar surface area (TPSA) is 84.2 Å². The quantitative estimate of drug-likeness (QED) is 0.376. The molecule has 0 aromatic carbocycles. The number of nitrogens with zero attached hydrogens (tertiary/aromatic N) is 1. The van der Waals surface area contributed by atoms with Gasteiger partial charge in [0.1, 0.15) is 6.07 Å². The van der Waals surface area contributed by atoms with Crippen molar-refractivity contribution in [1.29, 1.82) is 5.26 Å². The van der Waals surface area contributed by atoms with Crippen molar-refractivity contribution < 1.29 is 19.1 Å². The fourth-order valence-corrected chi connectivity index (χ4v) is 10.4. The molecule has 0 radical (unpaired) electrons. The lowest BCUT2D eigenvalue weighted by Gasteiger charge is -2.69. The lowest BCUT2D eigenvalue weighted by atomic mass is 9.34. The maximum atomic E-state index is 14.4. The van der Waals surface area contributed by atoms with Crippen LogP contribution in [0.5, 0.6) is 0 Å². The Balaban J connectivity index is 1.68. The van der Waals surface area contributed by atoms with E-state index in [9.17, 15) is 19.6 Å². The molecule has 0 N–H and O–H groups in total. The van der Waals surface area contributed by atoms with Gasteiger partial charge >= 0.3 is 5.97 Å². The number of fused-ring (bicyclic) bond motifs is 7. The molecule has 0 aromatic rings. The molecule has 0 heterocycles. The molecule has 7 atom stereocenters. The van der Waals surface area contributed by atoms with Crippen molar-refractivity contribution in [3.8, 4) is 6.07 Å². The van der Waals surface area contributed by atoms with Gasteiger partial charge in [0.2, 0.25) is 0 Å². The van der Waals surface area contributed by atoms with Crippen LogP contribution in [-0.4, -0.2) is 24.6 Å². The van der Waals surface area contributed by atoms with E-state index in [1.165, 1.54) is 7.11 Å². The van der Waals surface area contributed by atoms with Gasteiger partial charge < -0.3 is 4.74 Å². The van der Waals surface area contributed by atoms with Crippen LogP contribution in [0.25, 0.3) is 0 Å². The summed E-state index contributed by atoms with van der Waals surface area (Å²) in [5.74, 6) is -0.0334. The van der Waals surface area contributed by atoms with Crippen molar-refractivity contribution in [2.24, 2.45) is 50.2 Å². The van der Waals surface area contributed by atoms with Crippen molar-refractivity contribution in [3.63, 3.8) is 0 Å². The Bertz CT molecular complexity index is 1220. The average molecular weight is 520 g/mol. The highest BCUT2D eigenvalue weighted by Crippen LogP contribution is 2.74. The van der Waals surface area contributed by atoms with Gasteiger partial charge in [0, 0.05) is 16.7 Å². The molecule has 5 aliphatic rings. The molecule has 3 fully saturated rings. The molecule has 0 aromatic heterocycles. The largest absolute Gasteiger partial charge is 0.469 e. The van der Waals surface area contributed by atoms with Crippen LogP contribution in [0, 0.1) is 61.6 Å². The number of ether oxygens (including phenoxy) is 1. The maximum absolute atomic E-state index is 14.4. The van der Waals surface area contributed by atoms with E-state index in [1.807, 2.05) is 26.0 Å². The molecule has 0 spiro atoms. The molecule has 38 heavy (non-hydrogen) atoms. The van der Waals surface area contributed by atoms with Crippen molar-refractivity contribution in [1.82, 2.24) is 0 Å². The fraction of sp³-hybridized carbons (Fsp3) is 0.758. The zero-order valence-corrected chi connectivity index (χ0v) is 24.6. The molecule has 5 heteroatoms. The summed E-state index contributed by atoms with van der Waals surface area (Å²) in [5.41, 5.74) is -0.399. The van der Waals surface area contributed by atoms with Crippen LogP contribution in [-0.2, 0) is 19.1 Å². The summed E-state index contributed by atoms with van der Waals surface area (Å²) in [6, 6.07) is 2.18. The smallest absolute Gasteiger partial charge is 0.306 e. The van der Waals surface area contributed by atoms with Gasteiger partial charge in [-0.25, -0.2) is 0 Å². The molecule has 3 saturated carbocycles. The van der Waals surface area contributed by atoms with Gasteiger partial charge in [-0.3, -0.25) is 14.4 Å². The minimum Gasteiger partial charge on any atom is -0.469 e. The van der Waals surface area contributed by atoms with Crippen LogP contribution in [0.15, 0.2) is 23.3 Å². The molecule has 0 amide bonds. The number of esters is 1. The Morgan fingerprint density at radius 2 is 1.68 bits per heavy atom. The minimum absolute atomic E-state index is 0.0440. The molecule has 5 rings (SSSR count). The van der Waals surface area contributed by atoms with E-state index in [4.69, 9.17) is 4.74 Å². The maximum Gasteiger partial charge on any atom is 0.306 e. The molecule has 0 aliphatic heterocycles. The summed E-state index contributed by atoms with van der Waals surface area (Å²) in [7, 11) is 1.47. The Labute approximate surface area is 228 Å². The second-order valence-electron chi connectivity index (χ2n) is 15.4. The van der Waals surface area contributed by atoms with Crippen LogP contribution in [0.4, 0.5) is 0 Å². The van der Waals surface area contributed by atoms with E-state index in [2.05, 4.69) is 40.7 Å². The lowest BCUT2D eigenvalue weighted by molar-refractivity contribution is -0.178. The van der Waals surface area contributed by atoms with Gasteiger partial charge in [0.15, 0.2) is 11.6 Å². The van der Waals surface area contributed by atoms with Gasteiger partial charge in [-0.15, -0.1) is 0 Å². The number of rotatable bonds is 2. The van der Waals surface area contributed by atoms with Crippen molar-refractivity contribution in [3.05, 3.63) is 23.3 Å². The van der Waals surface area contributed by atoms with Crippen LogP contribution in [0.3, 0.4) is 0 Å². The average Bonchev–Trinajstić information content (AvgIpc) is 2.83. The van der Waals surface area contributed by atoms with E-state index in [0.717, 1.165) is 50.5 Å². The third-order valence-electron chi connectivity index (χ3n) is 12.8. The number of ketones is 2. The van der Waals surface area contributed by atoms with Crippen LogP contribution >= 0.6 is 0 Å². The van der Waals surface area contributed by atoms with Gasteiger partial charge in [-0.1, -0.05) is 60.1 Å². The van der Waals surface area contributed by atoms with Crippen LogP contribution < -0.4 is 0 Å². The summed E-state index contributed by atoms with van der Waals surface area (Å²) in [6.45, 7) is 15.4. The van der Waals surface area contributed by atoms with Crippen molar-refractivity contribution in [2.45, 2.75) is 99.8 Å². The van der Waals surface area contributed by atoms with Crippen molar-refractivity contribution >= 4 is 17.5 Å². The van der Waals surface area contributed by atoms with E-state index in [0.29, 0.717) is 6.42 Å². The normalized spacial score (nSPS) is 44.8. The standard InChI is InChI=1S/C33H45NO4/c1-28(2)11-13-33(18-25(36)38-8)14-12-32(7)26(21(33)17-28)22(35)15-24-30(5)16-20(19-34)27(37)29(3,4)23(30)9-10-31(24,32)6/h15-16,21,23,26H,9-14,17-18H2,1-8H3. The summed E-state index contributed by atoms with van der Waals surface area (Å²) in [4.78, 5) is 40.3. The highest BCUT2D eigenvalue weighted by atomic mass is 16.5. The number of carbonyl (C=O) groups is 3. The molecule has 206 valence electrons. The van der Waals surface area contributed by atoms with Gasteiger partial charge in [0.25, 0.3) is 0 Å². The number of Topliss-reactive ketones (excluding diaryl/α,β-unsaturated/α-hetero) is 1. The molecule has 5 aliphatic carbocycles. The molecule has 5 nitrogen and oxygen atoms in total. The first-order valence-corrected chi connectivity index (χ1v) is 14.5. The van der Waals surface area contributed by atoms with Gasteiger partial charge in [-0.05, 0) is 84.5 Å². The second kappa shape index (κ2) is 8.15. The van der Waals surface area contributed by atoms with Crippen LogP contribution in [0.1, 0.15) is 99.8 Å². The van der Waals surface area contributed by atoms with Gasteiger partial charge in [-0.2, -0.15) is 5.26 Å². The van der Waals surface area contributed by atoms with Gasteiger partial charge in [0.05, 0.1) is 19.1 Å². The van der Waals surface area contributed by atoms with E-state index >= 15 is 0 Å². The third kappa shape index (κ3) is 3.37. The first-order valence-electron chi connectivity index (χ1n) is 14.5. The second-order valence-corrected chi connectivity index (χ2v) is 15.4. The third-order valence-corrected chi connectivity index (χ3v) is 12.8. The number of hydrogen-bond donors (Lipinski definition) is 0. The molecule has 0 saturated heterocycles. The first-order chi connectivity index (χ1) is 17.5. The SMILES string of the molecule is COC(=O)CC12CCC(C)(C)CC1C1C(=O)C=C3C4(C)C=C(C#N)C(=O)C(C)(C)C4CCC3(C)C1(C)CC2. The fourth-order valence-electron chi connectivity index (χ4n) is 10.4. The Kier molecular flexibility index (Phi) is 5.87. The molecular weight excluding hydrogens is 474 g/mol. The Morgan fingerprint density at radius 3 is 2.32 bits per heavy atom. The monoisotopic (exact) mass is 519 g/mol. The highest BCUT2D eigenvalue weighted by Gasteiger charge is 2.69. The number of allylic oxidation sites excluding steroid dienone is 4. The highest BCUT2D eigenvalue weighted by molar-refractivity contribution is 6.04. The van der Waals surface area contributed by atoms with E-state index < -0.39 is 10.8 Å². The summed E-state index contributed by atoms with van der Waals surface area (Å²) >= 11 is 0. The number of hydrogen-bond acceptors (Lipinski definition) is 5. The minimum atomic E-state index is -0.660. The van der Waals surface area contributed by atoms with E-state index in [1.54, 1.807) is 0 Å². The lowest BCUT2D eigenvalue weighted by Crippen LogP contribution is -2.65. The zero-order valence-electron chi connectivity index (χ0n) is 24.6. The number of methoxy groups -OCH3 is 1. The summed E-state index contributed by atoms with van der Waals surface area (Å²) in [6.07, 6.45) is 10.8.